The molecule has 0 spiro atoms. The summed E-state index contributed by atoms with van der Waals surface area (Å²) in [5.74, 6) is 0. The van der Waals surface area contributed by atoms with Gasteiger partial charge in [0, 0.05) is 20.1 Å². The zero-order chi connectivity index (χ0) is 12.5. The Morgan fingerprint density at radius 2 is 2.18 bits per heavy atom. The Balaban J connectivity index is 2.35. The molecule has 92 valence electrons. The standard InChI is InChI=1S/C13H19N3O/c1-13(7-8-16(2)12(17)15-13)11-6-4-3-5-10(11)9-14/h3-6H,7-9,14H2,1-2H3,(H,15,17). The Hall–Kier alpha value is -1.55. The average molecular weight is 233 g/mol. The molecule has 4 heteroatoms. The molecule has 0 aromatic heterocycles. The van der Waals surface area contributed by atoms with Gasteiger partial charge in [0.2, 0.25) is 0 Å². The summed E-state index contributed by atoms with van der Waals surface area (Å²) >= 11 is 0. The van der Waals surface area contributed by atoms with Crippen molar-refractivity contribution in [1.82, 2.24) is 10.2 Å². The van der Waals surface area contributed by atoms with Gasteiger partial charge in [-0.3, -0.25) is 0 Å². The van der Waals surface area contributed by atoms with Crippen LogP contribution in [0.1, 0.15) is 24.5 Å². The molecule has 0 radical (unpaired) electrons. The van der Waals surface area contributed by atoms with Crippen molar-refractivity contribution in [3.63, 3.8) is 0 Å². The molecule has 1 atom stereocenters. The van der Waals surface area contributed by atoms with Crippen LogP contribution in [0.2, 0.25) is 0 Å². The minimum Gasteiger partial charge on any atom is -0.329 e. The summed E-state index contributed by atoms with van der Waals surface area (Å²) in [7, 11) is 1.81. The molecular formula is C13H19N3O. The van der Waals surface area contributed by atoms with E-state index in [0.717, 1.165) is 24.1 Å². The number of carbonyl (C=O) groups is 1. The fraction of sp³-hybridized carbons (Fsp3) is 0.462. The third-order valence-corrected chi connectivity index (χ3v) is 3.51. The van der Waals surface area contributed by atoms with Gasteiger partial charge in [0.25, 0.3) is 0 Å². The zero-order valence-corrected chi connectivity index (χ0v) is 10.4. The number of hydrogen-bond acceptors (Lipinski definition) is 2. The number of benzene rings is 1. The summed E-state index contributed by atoms with van der Waals surface area (Å²) in [4.78, 5) is 13.5. The highest BCUT2D eigenvalue weighted by molar-refractivity contribution is 5.76. The molecule has 1 aliphatic heterocycles. The van der Waals surface area contributed by atoms with Gasteiger partial charge in [-0.15, -0.1) is 0 Å². The fourth-order valence-electron chi connectivity index (χ4n) is 2.33. The van der Waals surface area contributed by atoms with Gasteiger partial charge in [0.15, 0.2) is 0 Å². The average Bonchev–Trinajstić information content (AvgIpc) is 2.34. The number of rotatable bonds is 2. The van der Waals surface area contributed by atoms with Crippen molar-refractivity contribution < 1.29 is 4.79 Å². The maximum atomic E-state index is 11.8. The van der Waals surface area contributed by atoms with E-state index in [1.54, 1.807) is 4.90 Å². The van der Waals surface area contributed by atoms with E-state index in [4.69, 9.17) is 5.73 Å². The van der Waals surface area contributed by atoms with Gasteiger partial charge in [-0.05, 0) is 24.5 Å². The summed E-state index contributed by atoms with van der Waals surface area (Å²) < 4.78 is 0. The first kappa shape index (κ1) is 11.9. The molecular weight excluding hydrogens is 214 g/mol. The van der Waals surface area contributed by atoms with Crippen molar-refractivity contribution in [2.75, 3.05) is 13.6 Å². The minimum atomic E-state index is -0.306. The molecule has 0 aliphatic carbocycles. The van der Waals surface area contributed by atoms with Crippen molar-refractivity contribution in [3.05, 3.63) is 35.4 Å². The molecule has 0 bridgehead atoms. The highest BCUT2D eigenvalue weighted by atomic mass is 16.2. The lowest BCUT2D eigenvalue weighted by Gasteiger charge is -2.40. The molecule has 1 aliphatic rings. The monoisotopic (exact) mass is 233 g/mol. The molecule has 4 nitrogen and oxygen atoms in total. The molecule has 1 heterocycles. The van der Waals surface area contributed by atoms with Crippen LogP contribution < -0.4 is 11.1 Å². The van der Waals surface area contributed by atoms with E-state index >= 15 is 0 Å². The highest BCUT2D eigenvalue weighted by Gasteiger charge is 2.35. The molecule has 1 aromatic carbocycles. The van der Waals surface area contributed by atoms with Crippen LogP contribution in [0.25, 0.3) is 0 Å². The Labute approximate surface area is 102 Å². The first-order valence-electron chi connectivity index (χ1n) is 5.88. The van der Waals surface area contributed by atoms with Crippen LogP contribution in [0.4, 0.5) is 4.79 Å². The molecule has 3 N–H and O–H groups in total. The van der Waals surface area contributed by atoms with Gasteiger partial charge in [-0.25, -0.2) is 4.79 Å². The normalized spacial score (nSPS) is 24.6. The quantitative estimate of drug-likeness (QED) is 0.811. The molecule has 1 saturated heterocycles. The maximum absolute atomic E-state index is 11.8. The zero-order valence-electron chi connectivity index (χ0n) is 10.4. The number of nitrogens with one attached hydrogen (secondary N) is 1. The minimum absolute atomic E-state index is 0.0226. The number of urea groups is 1. The first-order chi connectivity index (χ1) is 8.07. The molecule has 1 unspecified atom stereocenters. The molecule has 1 fully saturated rings. The highest BCUT2D eigenvalue weighted by Crippen LogP contribution is 2.30. The summed E-state index contributed by atoms with van der Waals surface area (Å²) in [6.45, 7) is 3.32. The smallest absolute Gasteiger partial charge is 0.317 e. The van der Waals surface area contributed by atoms with E-state index in [9.17, 15) is 4.79 Å². The number of carbonyl (C=O) groups excluding carboxylic acids is 1. The van der Waals surface area contributed by atoms with E-state index in [1.165, 1.54) is 0 Å². The Morgan fingerprint density at radius 3 is 2.82 bits per heavy atom. The van der Waals surface area contributed by atoms with Crippen LogP contribution in [-0.4, -0.2) is 24.5 Å². The van der Waals surface area contributed by atoms with Crippen LogP contribution in [0, 0.1) is 0 Å². The largest absolute Gasteiger partial charge is 0.329 e. The van der Waals surface area contributed by atoms with Crippen LogP contribution >= 0.6 is 0 Å². The Bertz CT molecular complexity index is 432. The van der Waals surface area contributed by atoms with Crippen molar-refractivity contribution in [3.8, 4) is 0 Å². The second-order valence-electron chi connectivity index (χ2n) is 4.80. The predicted molar refractivity (Wildman–Crippen MR) is 67.5 cm³/mol. The molecule has 2 amide bonds. The van der Waals surface area contributed by atoms with E-state index in [0.29, 0.717) is 6.54 Å². The fourth-order valence-corrected chi connectivity index (χ4v) is 2.33. The van der Waals surface area contributed by atoms with Crippen molar-refractivity contribution in [2.24, 2.45) is 5.73 Å². The third kappa shape index (κ3) is 2.13. The maximum Gasteiger partial charge on any atom is 0.317 e. The lowest BCUT2D eigenvalue weighted by Crippen LogP contribution is -2.55. The third-order valence-electron chi connectivity index (χ3n) is 3.51. The topological polar surface area (TPSA) is 58.4 Å². The van der Waals surface area contributed by atoms with Crippen molar-refractivity contribution in [1.29, 1.82) is 0 Å². The van der Waals surface area contributed by atoms with Gasteiger partial charge in [0.1, 0.15) is 0 Å². The van der Waals surface area contributed by atoms with Crippen LogP contribution in [0.3, 0.4) is 0 Å². The number of amides is 2. The lowest BCUT2D eigenvalue weighted by atomic mass is 9.84. The van der Waals surface area contributed by atoms with Gasteiger partial charge in [-0.2, -0.15) is 0 Å². The van der Waals surface area contributed by atoms with E-state index < -0.39 is 0 Å². The van der Waals surface area contributed by atoms with Gasteiger partial charge >= 0.3 is 6.03 Å². The number of nitrogens with zero attached hydrogens (tertiary/aromatic N) is 1. The summed E-state index contributed by atoms with van der Waals surface area (Å²) in [5.41, 5.74) is 7.67. The van der Waals surface area contributed by atoms with Gasteiger partial charge in [0.05, 0.1) is 5.54 Å². The Kier molecular flexibility index (Phi) is 3.07. The van der Waals surface area contributed by atoms with Crippen LogP contribution in [0.15, 0.2) is 24.3 Å². The first-order valence-corrected chi connectivity index (χ1v) is 5.88. The number of hydrogen-bond donors (Lipinski definition) is 2. The van der Waals surface area contributed by atoms with Crippen LogP contribution in [-0.2, 0) is 12.1 Å². The Morgan fingerprint density at radius 1 is 1.47 bits per heavy atom. The van der Waals surface area contributed by atoms with E-state index in [2.05, 4.69) is 12.2 Å². The SMILES string of the molecule is CN1CCC(C)(c2ccccc2CN)NC1=O. The molecule has 2 rings (SSSR count). The molecule has 0 saturated carbocycles. The lowest BCUT2D eigenvalue weighted by molar-refractivity contribution is 0.164. The second-order valence-corrected chi connectivity index (χ2v) is 4.80. The second kappa shape index (κ2) is 4.37. The van der Waals surface area contributed by atoms with Gasteiger partial charge in [-0.1, -0.05) is 24.3 Å². The summed E-state index contributed by atoms with van der Waals surface area (Å²) in [6.07, 6.45) is 0.895. The summed E-state index contributed by atoms with van der Waals surface area (Å²) in [5, 5.41) is 3.06. The van der Waals surface area contributed by atoms with E-state index in [1.807, 2.05) is 31.3 Å². The van der Waals surface area contributed by atoms with Gasteiger partial charge < -0.3 is 16.0 Å². The van der Waals surface area contributed by atoms with Crippen LogP contribution in [0.5, 0.6) is 0 Å². The van der Waals surface area contributed by atoms with Crippen molar-refractivity contribution in [2.45, 2.75) is 25.4 Å². The molecule has 17 heavy (non-hydrogen) atoms. The van der Waals surface area contributed by atoms with E-state index in [-0.39, 0.29) is 11.6 Å². The molecule has 1 aromatic rings. The number of nitrogens with two attached hydrogens (primary N) is 1. The van der Waals surface area contributed by atoms with Crippen molar-refractivity contribution >= 4 is 6.03 Å². The predicted octanol–water partition coefficient (Wildman–Crippen LogP) is 1.41. The summed E-state index contributed by atoms with van der Waals surface area (Å²) in [6, 6.07) is 8.01.